The van der Waals surface area contributed by atoms with Gasteiger partial charge in [-0.1, -0.05) is 49.0 Å². The third-order valence-corrected chi connectivity index (χ3v) is 7.71. The molecule has 0 aliphatic carbocycles. The molecule has 0 radical (unpaired) electrons. The van der Waals surface area contributed by atoms with E-state index in [-0.39, 0.29) is 24.1 Å². The number of pyridine rings is 1. The molecule has 0 spiro atoms. The van der Waals surface area contributed by atoms with Gasteiger partial charge in [0.1, 0.15) is 5.82 Å². The average Bonchev–Trinajstić information content (AvgIpc) is 2.88. The Bertz CT molecular complexity index is 1210. The van der Waals surface area contributed by atoms with Crippen molar-refractivity contribution >= 4 is 39.6 Å². The highest BCUT2D eigenvalue weighted by molar-refractivity contribution is 7.99. The molecule has 0 amide bonds. The Kier molecular flexibility index (Phi) is 7.82. The first kappa shape index (κ1) is 26.3. The number of hydrogen-bond acceptors (Lipinski definition) is 6. The summed E-state index contributed by atoms with van der Waals surface area (Å²) in [5, 5.41) is 18.9. The molecule has 2 aromatic carbocycles. The highest BCUT2D eigenvalue weighted by Crippen LogP contribution is 2.39. The van der Waals surface area contributed by atoms with Crippen molar-refractivity contribution < 1.29 is 18.3 Å². The average molecular weight is 517 g/mol. The van der Waals surface area contributed by atoms with Crippen molar-refractivity contribution in [3.05, 3.63) is 72.4 Å². The number of rotatable bonds is 8. The second-order valence-corrected chi connectivity index (χ2v) is 10.2. The van der Waals surface area contributed by atoms with Crippen LogP contribution in [0.1, 0.15) is 24.1 Å². The van der Waals surface area contributed by atoms with Crippen molar-refractivity contribution in [3.8, 4) is 0 Å². The summed E-state index contributed by atoms with van der Waals surface area (Å²) in [6, 6.07) is 16.4. The summed E-state index contributed by atoms with van der Waals surface area (Å²) in [5.41, 5.74) is 0.222. The zero-order chi connectivity index (χ0) is 25.9. The molecule has 192 valence electrons. The Labute approximate surface area is 213 Å². The van der Waals surface area contributed by atoms with Crippen LogP contribution in [0.3, 0.4) is 0 Å². The SMILES string of the molecule is C=C(c1nc(NCC(O)(SC)c2ccccc2)cc2c(NC3CCN(C)CC3)cccc12)C(F)(F)F. The number of hydrogen-bond donors (Lipinski definition) is 3. The topological polar surface area (TPSA) is 60.4 Å². The molecule has 1 fully saturated rings. The number of benzene rings is 2. The first-order chi connectivity index (χ1) is 17.1. The second kappa shape index (κ2) is 10.7. The number of aliphatic hydroxyl groups is 1. The third kappa shape index (κ3) is 5.79. The van der Waals surface area contributed by atoms with Crippen LogP contribution in [0.15, 0.2) is 61.2 Å². The number of allylic oxidation sites excluding steroid dienone is 1. The highest BCUT2D eigenvalue weighted by Gasteiger charge is 2.35. The number of likely N-dealkylation sites (tertiary alicyclic amines) is 1. The van der Waals surface area contributed by atoms with E-state index in [9.17, 15) is 18.3 Å². The van der Waals surface area contributed by atoms with Gasteiger partial charge in [-0.3, -0.25) is 0 Å². The summed E-state index contributed by atoms with van der Waals surface area (Å²) >= 11 is 1.24. The van der Waals surface area contributed by atoms with E-state index in [2.05, 4.69) is 34.1 Å². The minimum atomic E-state index is -4.63. The number of piperidine rings is 1. The summed E-state index contributed by atoms with van der Waals surface area (Å²) in [6.07, 6.45) is -0.949. The fourth-order valence-electron chi connectivity index (χ4n) is 4.43. The number of nitrogens with one attached hydrogen (secondary N) is 2. The smallest absolute Gasteiger partial charge is 0.382 e. The Balaban J connectivity index is 1.72. The standard InChI is InChI=1S/C27H31F3N4OS/c1-18(27(28,29)30)25-21-10-7-11-23(32-20-12-14-34(2)15-13-20)22(21)16-24(33-25)31-17-26(35,36-3)19-8-5-4-6-9-19/h4-11,16,20,32,35H,1,12-15,17H2,2-3H3,(H,31,33). The van der Waals surface area contributed by atoms with Crippen LogP contribution >= 0.6 is 11.8 Å². The molecule has 4 rings (SSSR count). The van der Waals surface area contributed by atoms with Gasteiger partial charge in [0.2, 0.25) is 0 Å². The van der Waals surface area contributed by atoms with Gasteiger partial charge in [0.25, 0.3) is 0 Å². The normalized spacial score (nSPS) is 17.1. The van der Waals surface area contributed by atoms with Crippen molar-refractivity contribution in [1.82, 2.24) is 9.88 Å². The van der Waals surface area contributed by atoms with Gasteiger partial charge in [-0.05, 0) is 56.9 Å². The summed E-state index contributed by atoms with van der Waals surface area (Å²) in [5.74, 6) is 0.240. The van der Waals surface area contributed by atoms with Crippen molar-refractivity contribution in [2.24, 2.45) is 0 Å². The molecule has 5 nitrogen and oxygen atoms in total. The summed E-state index contributed by atoms with van der Waals surface area (Å²) in [4.78, 5) is 5.29. The maximum absolute atomic E-state index is 13.7. The molecule has 0 bridgehead atoms. The van der Waals surface area contributed by atoms with E-state index in [1.807, 2.05) is 36.4 Å². The zero-order valence-electron chi connectivity index (χ0n) is 20.4. The Morgan fingerprint density at radius 2 is 1.81 bits per heavy atom. The molecule has 2 heterocycles. The van der Waals surface area contributed by atoms with Crippen LogP contribution < -0.4 is 10.6 Å². The van der Waals surface area contributed by atoms with Gasteiger partial charge >= 0.3 is 6.18 Å². The largest absolute Gasteiger partial charge is 0.417 e. The first-order valence-corrected chi connectivity index (χ1v) is 13.1. The fraction of sp³-hybridized carbons (Fsp3) is 0.370. The Hall–Kier alpha value is -2.75. The molecule has 1 atom stereocenters. The van der Waals surface area contributed by atoms with Gasteiger partial charge in [-0.2, -0.15) is 13.2 Å². The predicted octanol–water partition coefficient (Wildman–Crippen LogP) is 5.94. The molecule has 1 aliphatic rings. The molecule has 3 aromatic rings. The van der Waals surface area contributed by atoms with Crippen LogP contribution in [0.4, 0.5) is 24.7 Å². The van der Waals surface area contributed by atoms with Crippen LogP contribution in [0, 0.1) is 0 Å². The second-order valence-electron chi connectivity index (χ2n) is 9.16. The molecule has 36 heavy (non-hydrogen) atoms. The first-order valence-electron chi connectivity index (χ1n) is 11.8. The van der Waals surface area contributed by atoms with Crippen LogP contribution in [-0.2, 0) is 4.93 Å². The number of anilines is 2. The quantitative estimate of drug-likeness (QED) is 0.322. The number of nitrogens with zero attached hydrogens (tertiary/aromatic N) is 2. The molecule has 1 unspecified atom stereocenters. The number of thioether (sulfide) groups is 1. The molecular formula is C27H31F3N4OS. The van der Waals surface area contributed by atoms with Crippen molar-refractivity contribution in [1.29, 1.82) is 0 Å². The van der Waals surface area contributed by atoms with Crippen LogP contribution in [0.2, 0.25) is 0 Å². The number of alkyl halides is 3. The lowest BCUT2D eigenvalue weighted by Crippen LogP contribution is -2.36. The molecule has 1 aromatic heterocycles. The van der Waals surface area contributed by atoms with Crippen LogP contribution in [0.25, 0.3) is 16.3 Å². The van der Waals surface area contributed by atoms with Crippen LogP contribution in [0.5, 0.6) is 0 Å². The lowest BCUT2D eigenvalue weighted by Gasteiger charge is -2.30. The molecular weight excluding hydrogens is 485 g/mol. The maximum atomic E-state index is 13.7. The molecule has 1 saturated heterocycles. The third-order valence-electron chi connectivity index (χ3n) is 6.65. The minimum Gasteiger partial charge on any atom is -0.382 e. The van der Waals surface area contributed by atoms with Gasteiger partial charge < -0.3 is 20.6 Å². The van der Waals surface area contributed by atoms with E-state index in [1.165, 1.54) is 11.8 Å². The Morgan fingerprint density at radius 1 is 1.11 bits per heavy atom. The van der Waals surface area contributed by atoms with Crippen molar-refractivity contribution in [2.75, 3.05) is 43.6 Å². The van der Waals surface area contributed by atoms with Gasteiger partial charge in [0.05, 0.1) is 17.8 Å². The van der Waals surface area contributed by atoms with E-state index in [0.717, 1.165) is 31.6 Å². The van der Waals surface area contributed by atoms with E-state index in [0.29, 0.717) is 16.3 Å². The Morgan fingerprint density at radius 3 is 2.44 bits per heavy atom. The zero-order valence-corrected chi connectivity index (χ0v) is 21.2. The summed E-state index contributed by atoms with van der Waals surface area (Å²) in [6.45, 7) is 5.29. The molecule has 9 heteroatoms. The number of fused-ring (bicyclic) bond motifs is 1. The molecule has 1 aliphatic heterocycles. The summed E-state index contributed by atoms with van der Waals surface area (Å²) < 4.78 is 41.2. The lowest BCUT2D eigenvalue weighted by atomic mass is 10.0. The maximum Gasteiger partial charge on any atom is 0.417 e. The van der Waals surface area contributed by atoms with E-state index in [1.54, 1.807) is 24.5 Å². The van der Waals surface area contributed by atoms with E-state index < -0.39 is 16.7 Å². The molecule has 3 N–H and O–H groups in total. The van der Waals surface area contributed by atoms with Crippen LogP contribution in [-0.4, -0.2) is 60.1 Å². The summed E-state index contributed by atoms with van der Waals surface area (Å²) in [7, 11) is 2.08. The van der Waals surface area contributed by atoms with Gasteiger partial charge in [0, 0.05) is 22.5 Å². The predicted molar refractivity (Wildman–Crippen MR) is 143 cm³/mol. The number of halogens is 3. The number of aromatic nitrogens is 1. The van der Waals surface area contributed by atoms with E-state index in [4.69, 9.17) is 0 Å². The highest BCUT2D eigenvalue weighted by atomic mass is 32.2. The monoisotopic (exact) mass is 516 g/mol. The van der Waals surface area contributed by atoms with Gasteiger partial charge in [-0.25, -0.2) is 4.98 Å². The lowest BCUT2D eigenvalue weighted by molar-refractivity contribution is -0.0688. The van der Waals surface area contributed by atoms with Crippen molar-refractivity contribution in [3.63, 3.8) is 0 Å². The molecule has 0 saturated carbocycles. The fourth-order valence-corrected chi connectivity index (χ4v) is 5.02. The van der Waals surface area contributed by atoms with Gasteiger partial charge in [-0.15, -0.1) is 11.8 Å². The minimum absolute atomic E-state index is 0.0547. The van der Waals surface area contributed by atoms with Crippen molar-refractivity contribution in [2.45, 2.75) is 30.0 Å². The van der Waals surface area contributed by atoms with E-state index >= 15 is 0 Å². The van der Waals surface area contributed by atoms with Gasteiger partial charge in [0.15, 0.2) is 4.93 Å².